The Labute approximate surface area is 126 Å². The van der Waals surface area contributed by atoms with Crippen molar-refractivity contribution in [3.8, 4) is 0 Å². The fourth-order valence-electron chi connectivity index (χ4n) is 1.53. The highest BCUT2D eigenvalue weighted by atomic mass is 35.5. The number of benzene rings is 1. The van der Waals surface area contributed by atoms with Gasteiger partial charge in [-0.15, -0.1) is 24.8 Å². The molecule has 2 N–H and O–H groups in total. The summed E-state index contributed by atoms with van der Waals surface area (Å²) in [6.45, 7) is 5.66. The highest BCUT2D eigenvalue weighted by Gasteiger charge is 2.04. The first kappa shape index (κ1) is 20.4. The molecule has 0 aromatic heterocycles. The highest BCUT2D eigenvalue weighted by molar-refractivity contribution is 5.85. The zero-order valence-corrected chi connectivity index (χ0v) is 12.6. The number of nitro groups is 1. The number of nitro benzene ring substituents is 1. The second kappa shape index (κ2) is 12.2. The Morgan fingerprint density at radius 2 is 1.89 bits per heavy atom. The maximum Gasteiger partial charge on any atom is 0.269 e. The second-order valence-corrected chi connectivity index (χ2v) is 3.81. The standard InChI is InChI=1S/C12H19N3O2.2ClH/c1-2-13-7-4-8-14-10-11-5-3-6-12(9-11)15(16)17;;/h3,5-6,9,13-14H,2,4,7-8,10H2,1H3;2*1H. The van der Waals surface area contributed by atoms with E-state index in [0.717, 1.165) is 31.6 Å². The van der Waals surface area contributed by atoms with Crippen molar-refractivity contribution in [2.75, 3.05) is 19.6 Å². The molecule has 1 rings (SSSR count). The minimum atomic E-state index is -0.366. The fraction of sp³-hybridized carbons (Fsp3) is 0.500. The van der Waals surface area contributed by atoms with Gasteiger partial charge in [0.25, 0.3) is 5.69 Å². The van der Waals surface area contributed by atoms with Crippen molar-refractivity contribution in [3.05, 3.63) is 39.9 Å². The molecule has 19 heavy (non-hydrogen) atoms. The first-order valence-corrected chi connectivity index (χ1v) is 5.88. The van der Waals surface area contributed by atoms with Crippen LogP contribution in [0.3, 0.4) is 0 Å². The van der Waals surface area contributed by atoms with Crippen LogP contribution >= 0.6 is 24.8 Å². The molecule has 0 radical (unpaired) electrons. The lowest BCUT2D eigenvalue weighted by atomic mass is 10.2. The van der Waals surface area contributed by atoms with E-state index < -0.39 is 0 Å². The van der Waals surface area contributed by atoms with Gasteiger partial charge in [0.1, 0.15) is 0 Å². The van der Waals surface area contributed by atoms with Gasteiger partial charge in [-0.05, 0) is 31.6 Å². The third-order valence-electron chi connectivity index (χ3n) is 2.41. The molecule has 0 atom stereocenters. The van der Waals surface area contributed by atoms with Crippen LogP contribution in [0.4, 0.5) is 5.69 Å². The topological polar surface area (TPSA) is 67.2 Å². The van der Waals surface area contributed by atoms with E-state index in [9.17, 15) is 10.1 Å². The fourth-order valence-corrected chi connectivity index (χ4v) is 1.53. The van der Waals surface area contributed by atoms with Crippen LogP contribution < -0.4 is 10.6 Å². The van der Waals surface area contributed by atoms with Crippen molar-refractivity contribution >= 4 is 30.5 Å². The molecule has 0 amide bonds. The molecule has 0 saturated heterocycles. The highest BCUT2D eigenvalue weighted by Crippen LogP contribution is 2.12. The largest absolute Gasteiger partial charge is 0.317 e. The van der Waals surface area contributed by atoms with Crippen molar-refractivity contribution in [1.82, 2.24) is 10.6 Å². The summed E-state index contributed by atoms with van der Waals surface area (Å²) < 4.78 is 0. The van der Waals surface area contributed by atoms with Crippen molar-refractivity contribution in [2.45, 2.75) is 19.9 Å². The summed E-state index contributed by atoms with van der Waals surface area (Å²) >= 11 is 0. The summed E-state index contributed by atoms with van der Waals surface area (Å²) in [6.07, 6.45) is 1.06. The Bertz CT molecular complexity index is 365. The number of hydrogen-bond acceptors (Lipinski definition) is 4. The molecule has 1 aromatic carbocycles. The predicted molar refractivity (Wildman–Crippen MR) is 82.5 cm³/mol. The number of nitrogens with zero attached hydrogens (tertiary/aromatic N) is 1. The van der Waals surface area contributed by atoms with Crippen molar-refractivity contribution < 1.29 is 4.92 Å². The Balaban J connectivity index is 0. The number of halogens is 2. The van der Waals surface area contributed by atoms with Gasteiger partial charge in [-0.2, -0.15) is 0 Å². The van der Waals surface area contributed by atoms with E-state index >= 15 is 0 Å². The van der Waals surface area contributed by atoms with Gasteiger partial charge in [0, 0.05) is 18.7 Å². The van der Waals surface area contributed by atoms with Crippen LogP contribution in [-0.2, 0) is 6.54 Å². The van der Waals surface area contributed by atoms with E-state index in [4.69, 9.17) is 0 Å². The molecule has 0 bridgehead atoms. The molecular formula is C12H21Cl2N3O2. The molecular weight excluding hydrogens is 289 g/mol. The summed E-state index contributed by atoms with van der Waals surface area (Å²) in [6, 6.07) is 6.73. The Hall–Kier alpha value is -0.880. The van der Waals surface area contributed by atoms with Crippen LogP contribution in [0.15, 0.2) is 24.3 Å². The van der Waals surface area contributed by atoms with Crippen molar-refractivity contribution in [3.63, 3.8) is 0 Å². The summed E-state index contributed by atoms with van der Waals surface area (Å²) in [7, 11) is 0. The number of nitrogens with one attached hydrogen (secondary N) is 2. The van der Waals surface area contributed by atoms with Gasteiger partial charge in [0.15, 0.2) is 0 Å². The smallest absolute Gasteiger partial charge is 0.269 e. The number of non-ortho nitro benzene ring substituents is 1. The normalized spacial score (nSPS) is 9.32. The predicted octanol–water partition coefficient (Wildman–Crippen LogP) is 2.53. The SMILES string of the molecule is CCNCCCNCc1cccc([N+](=O)[O-])c1.Cl.Cl. The van der Waals surface area contributed by atoms with Gasteiger partial charge in [0.2, 0.25) is 0 Å². The van der Waals surface area contributed by atoms with Crippen LogP contribution in [0.1, 0.15) is 18.9 Å². The van der Waals surface area contributed by atoms with Crippen molar-refractivity contribution in [1.29, 1.82) is 0 Å². The van der Waals surface area contributed by atoms with Gasteiger partial charge < -0.3 is 10.6 Å². The van der Waals surface area contributed by atoms with Gasteiger partial charge in [0.05, 0.1) is 4.92 Å². The van der Waals surface area contributed by atoms with E-state index in [1.807, 2.05) is 6.07 Å². The maximum atomic E-state index is 10.6. The molecule has 0 saturated carbocycles. The molecule has 0 unspecified atom stereocenters. The maximum absolute atomic E-state index is 10.6. The number of rotatable bonds is 8. The third kappa shape index (κ3) is 8.77. The molecule has 0 heterocycles. The molecule has 0 spiro atoms. The van der Waals surface area contributed by atoms with E-state index in [0.29, 0.717) is 6.54 Å². The molecule has 0 aliphatic carbocycles. The van der Waals surface area contributed by atoms with Gasteiger partial charge in [-0.1, -0.05) is 19.1 Å². The summed E-state index contributed by atoms with van der Waals surface area (Å²) in [5, 5.41) is 17.1. The first-order valence-electron chi connectivity index (χ1n) is 5.88. The van der Waals surface area contributed by atoms with Gasteiger partial charge >= 0.3 is 0 Å². The van der Waals surface area contributed by atoms with Gasteiger partial charge in [-0.3, -0.25) is 10.1 Å². The molecule has 7 heteroatoms. The van der Waals surface area contributed by atoms with Gasteiger partial charge in [-0.25, -0.2) is 0 Å². The minimum absolute atomic E-state index is 0. The lowest BCUT2D eigenvalue weighted by Gasteiger charge is -2.05. The molecule has 0 aliphatic heterocycles. The van der Waals surface area contributed by atoms with E-state index in [1.165, 1.54) is 6.07 Å². The monoisotopic (exact) mass is 309 g/mol. The van der Waals surface area contributed by atoms with E-state index in [2.05, 4.69) is 17.6 Å². The average molecular weight is 310 g/mol. The quantitative estimate of drug-likeness (QED) is 0.440. The van der Waals surface area contributed by atoms with Crippen LogP contribution in [0.25, 0.3) is 0 Å². The third-order valence-corrected chi connectivity index (χ3v) is 2.41. The molecule has 1 aromatic rings. The minimum Gasteiger partial charge on any atom is -0.317 e. The van der Waals surface area contributed by atoms with E-state index in [1.54, 1.807) is 12.1 Å². The van der Waals surface area contributed by atoms with Crippen LogP contribution in [0, 0.1) is 10.1 Å². The second-order valence-electron chi connectivity index (χ2n) is 3.81. The summed E-state index contributed by atoms with van der Waals surface area (Å²) in [4.78, 5) is 10.2. The van der Waals surface area contributed by atoms with Crippen LogP contribution in [-0.4, -0.2) is 24.6 Å². The summed E-state index contributed by atoms with van der Waals surface area (Å²) in [5.74, 6) is 0. The molecule has 110 valence electrons. The van der Waals surface area contributed by atoms with Crippen LogP contribution in [0.5, 0.6) is 0 Å². The lowest BCUT2D eigenvalue weighted by molar-refractivity contribution is -0.384. The van der Waals surface area contributed by atoms with E-state index in [-0.39, 0.29) is 35.4 Å². The molecule has 0 aliphatic rings. The first-order chi connectivity index (χ1) is 8.24. The van der Waals surface area contributed by atoms with Crippen LogP contribution in [0.2, 0.25) is 0 Å². The van der Waals surface area contributed by atoms with Crippen molar-refractivity contribution in [2.24, 2.45) is 0 Å². The average Bonchev–Trinajstić information content (AvgIpc) is 2.34. The number of hydrogen-bond donors (Lipinski definition) is 2. The zero-order valence-electron chi connectivity index (χ0n) is 10.9. The Morgan fingerprint density at radius 1 is 1.21 bits per heavy atom. The molecule has 0 fully saturated rings. The summed E-state index contributed by atoms with van der Waals surface area (Å²) in [5.41, 5.74) is 1.10. The lowest BCUT2D eigenvalue weighted by Crippen LogP contribution is -2.21. The Kier molecular flexibility index (Phi) is 13.1. The zero-order chi connectivity index (χ0) is 12.5. The molecule has 5 nitrogen and oxygen atoms in total. The Morgan fingerprint density at radius 3 is 2.53 bits per heavy atom.